The van der Waals surface area contributed by atoms with E-state index < -0.39 is 0 Å². The molecule has 2 N–H and O–H groups in total. The molecule has 1 aromatic heterocycles. The lowest BCUT2D eigenvalue weighted by Gasteiger charge is -2.02. The molecule has 0 saturated carbocycles. The van der Waals surface area contributed by atoms with Crippen molar-refractivity contribution < 1.29 is 4.79 Å². The van der Waals surface area contributed by atoms with Crippen LogP contribution in [0.15, 0.2) is 34.1 Å². The SMILES string of the molecule is Cc1cc(N)cc(C(=O)c2ccc(Br)s2)c1. The number of benzene rings is 1. The van der Waals surface area contributed by atoms with E-state index in [9.17, 15) is 4.79 Å². The molecule has 0 amide bonds. The van der Waals surface area contributed by atoms with Crippen LogP contribution in [0.5, 0.6) is 0 Å². The van der Waals surface area contributed by atoms with Gasteiger partial charge in [-0.15, -0.1) is 11.3 Å². The van der Waals surface area contributed by atoms with E-state index in [1.165, 1.54) is 11.3 Å². The zero-order valence-corrected chi connectivity index (χ0v) is 11.1. The Morgan fingerprint density at radius 1 is 1.31 bits per heavy atom. The molecule has 2 nitrogen and oxygen atoms in total. The zero-order valence-electron chi connectivity index (χ0n) is 8.66. The van der Waals surface area contributed by atoms with Crippen molar-refractivity contribution in [2.45, 2.75) is 6.92 Å². The molecule has 2 rings (SSSR count). The van der Waals surface area contributed by atoms with E-state index in [1.54, 1.807) is 6.07 Å². The van der Waals surface area contributed by atoms with Crippen LogP contribution in [-0.2, 0) is 0 Å². The second-order valence-electron chi connectivity index (χ2n) is 3.57. The van der Waals surface area contributed by atoms with Crippen LogP contribution in [0.4, 0.5) is 5.69 Å². The normalized spacial score (nSPS) is 10.4. The highest BCUT2D eigenvalue weighted by molar-refractivity contribution is 9.11. The molecule has 0 radical (unpaired) electrons. The predicted molar refractivity (Wildman–Crippen MR) is 71.0 cm³/mol. The molecule has 2 aromatic rings. The van der Waals surface area contributed by atoms with Crippen LogP contribution in [0.2, 0.25) is 0 Å². The van der Waals surface area contributed by atoms with Crippen LogP contribution in [0.25, 0.3) is 0 Å². The van der Waals surface area contributed by atoms with E-state index >= 15 is 0 Å². The van der Waals surface area contributed by atoms with Crippen molar-refractivity contribution in [2.75, 3.05) is 5.73 Å². The van der Waals surface area contributed by atoms with Crippen LogP contribution < -0.4 is 5.73 Å². The largest absolute Gasteiger partial charge is 0.399 e. The number of halogens is 1. The number of rotatable bonds is 2. The van der Waals surface area contributed by atoms with E-state index in [-0.39, 0.29) is 5.78 Å². The van der Waals surface area contributed by atoms with Crippen LogP contribution in [-0.4, -0.2) is 5.78 Å². The van der Waals surface area contributed by atoms with Crippen molar-refractivity contribution in [3.05, 3.63) is 50.1 Å². The Morgan fingerprint density at radius 2 is 2.06 bits per heavy atom. The average molecular weight is 296 g/mol. The quantitative estimate of drug-likeness (QED) is 0.679. The van der Waals surface area contributed by atoms with Gasteiger partial charge in [0.25, 0.3) is 0 Å². The first-order valence-corrected chi connectivity index (χ1v) is 6.34. The molecule has 0 atom stereocenters. The Labute approximate surface area is 106 Å². The Hall–Kier alpha value is -1.13. The summed E-state index contributed by atoms with van der Waals surface area (Å²) in [5.74, 6) is 0.0195. The maximum absolute atomic E-state index is 12.1. The van der Waals surface area contributed by atoms with Crippen LogP contribution in [0.3, 0.4) is 0 Å². The molecule has 4 heteroatoms. The van der Waals surface area contributed by atoms with Crippen LogP contribution in [0, 0.1) is 6.92 Å². The number of carbonyl (C=O) groups is 1. The Kier molecular flexibility index (Phi) is 3.12. The topological polar surface area (TPSA) is 43.1 Å². The van der Waals surface area contributed by atoms with E-state index in [1.807, 2.05) is 31.2 Å². The second kappa shape index (κ2) is 4.39. The summed E-state index contributed by atoms with van der Waals surface area (Å²) in [4.78, 5) is 12.8. The second-order valence-corrected chi connectivity index (χ2v) is 6.03. The smallest absolute Gasteiger partial charge is 0.203 e. The monoisotopic (exact) mass is 295 g/mol. The molecular formula is C12H10BrNOS. The molecular weight excluding hydrogens is 286 g/mol. The van der Waals surface area contributed by atoms with Gasteiger partial charge in [-0.1, -0.05) is 0 Å². The minimum absolute atomic E-state index is 0.0195. The van der Waals surface area contributed by atoms with Gasteiger partial charge in [0.05, 0.1) is 8.66 Å². The van der Waals surface area contributed by atoms with Gasteiger partial charge in [0.2, 0.25) is 5.78 Å². The lowest BCUT2D eigenvalue weighted by molar-refractivity contribution is 0.104. The average Bonchev–Trinajstić information content (AvgIpc) is 2.62. The maximum atomic E-state index is 12.1. The molecule has 0 fully saturated rings. The summed E-state index contributed by atoms with van der Waals surface area (Å²) < 4.78 is 0.955. The summed E-state index contributed by atoms with van der Waals surface area (Å²) in [5.41, 5.74) is 7.99. The first-order chi connectivity index (χ1) is 7.56. The van der Waals surface area contributed by atoms with E-state index in [0.717, 1.165) is 14.2 Å². The van der Waals surface area contributed by atoms with Crippen LogP contribution in [0.1, 0.15) is 20.8 Å². The van der Waals surface area contributed by atoms with Crippen molar-refractivity contribution in [1.82, 2.24) is 0 Å². The third kappa shape index (κ3) is 2.33. The molecule has 0 aliphatic carbocycles. The van der Waals surface area contributed by atoms with Gasteiger partial charge in [-0.25, -0.2) is 0 Å². The van der Waals surface area contributed by atoms with Crippen molar-refractivity contribution >= 4 is 38.7 Å². The molecule has 16 heavy (non-hydrogen) atoms. The zero-order chi connectivity index (χ0) is 11.7. The molecule has 1 heterocycles. The fourth-order valence-corrected chi connectivity index (χ4v) is 2.87. The molecule has 0 saturated heterocycles. The van der Waals surface area contributed by atoms with Gasteiger partial charge in [0.15, 0.2) is 0 Å². The van der Waals surface area contributed by atoms with Gasteiger partial charge in [-0.05, 0) is 58.7 Å². The Morgan fingerprint density at radius 3 is 2.62 bits per heavy atom. The molecule has 0 bridgehead atoms. The van der Waals surface area contributed by atoms with Gasteiger partial charge in [0.1, 0.15) is 0 Å². The van der Waals surface area contributed by atoms with Crippen molar-refractivity contribution in [3.63, 3.8) is 0 Å². The number of aryl methyl sites for hydroxylation is 1. The summed E-state index contributed by atoms with van der Waals surface area (Å²) in [6.07, 6.45) is 0. The number of anilines is 1. The van der Waals surface area contributed by atoms with Crippen molar-refractivity contribution in [2.24, 2.45) is 0 Å². The van der Waals surface area contributed by atoms with E-state index in [2.05, 4.69) is 15.9 Å². The Balaban J connectivity index is 2.41. The fraction of sp³-hybridized carbons (Fsp3) is 0.0833. The van der Waals surface area contributed by atoms with Gasteiger partial charge in [0, 0.05) is 11.3 Å². The summed E-state index contributed by atoms with van der Waals surface area (Å²) in [6.45, 7) is 1.93. The summed E-state index contributed by atoms with van der Waals surface area (Å²) >= 11 is 4.77. The van der Waals surface area contributed by atoms with Crippen molar-refractivity contribution in [1.29, 1.82) is 0 Å². The summed E-state index contributed by atoms with van der Waals surface area (Å²) in [7, 11) is 0. The molecule has 0 aliphatic heterocycles. The number of hydrogen-bond donors (Lipinski definition) is 1. The number of ketones is 1. The minimum Gasteiger partial charge on any atom is -0.399 e. The molecule has 82 valence electrons. The molecule has 1 aromatic carbocycles. The third-order valence-electron chi connectivity index (χ3n) is 2.16. The first-order valence-electron chi connectivity index (χ1n) is 4.73. The lowest BCUT2D eigenvalue weighted by Crippen LogP contribution is -2.00. The fourth-order valence-electron chi connectivity index (χ4n) is 1.52. The number of hydrogen-bond acceptors (Lipinski definition) is 3. The summed E-state index contributed by atoms with van der Waals surface area (Å²) in [6, 6.07) is 9.10. The molecule has 0 spiro atoms. The highest BCUT2D eigenvalue weighted by Crippen LogP contribution is 2.25. The number of nitrogen functional groups attached to an aromatic ring is 1. The molecule has 0 unspecified atom stereocenters. The standard InChI is InChI=1S/C12H10BrNOS/c1-7-4-8(6-9(14)5-7)12(15)10-2-3-11(13)16-10/h2-6H,14H2,1H3. The lowest BCUT2D eigenvalue weighted by atomic mass is 10.1. The Bertz CT molecular complexity index is 527. The number of thiophene rings is 1. The number of carbonyl (C=O) groups excluding carboxylic acids is 1. The highest BCUT2D eigenvalue weighted by Gasteiger charge is 2.12. The van der Waals surface area contributed by atoms with E-state index in [0.29, 0.717) is 11.3 Å². The summed E-state index contributed by atoms with van der Waals surface area (Å²) in [5, 5.41) is 0. The minimum atomic E-state index is 0.0195. The highest BCUT2D eigenvalue weighted by atomic mass is 79.9. The van der Waals surface area contributed by atoms with Crippen LogP contribution >= 0.6 is 27.3 Å². The molecule has 0 aliphatic rings. The van der Waals surface area contributed by atoms with Gasteiger partial charge in [-0.2, -0.15) is 0 Å². The first kappa shape index (κ1) is 11.4. The number of nitrogens with two attached hydrogens (primary N) is 1. The third-order valence-corrected chi connectivity index (χ3v) is 3.78. The van der Waals surface area contributed by atoms with E-state index in [4.69, 9.17) is 5.73 Å². The maximum Gasteiger partial charge on any atom is 0.203 e. The predicted octanol–water partition coefficient (Wildman–Crippen LogP) is 3.63. The van der Waals surface area contributed by atoms with Crippen molar-refractivity contribution in [3.8, 4) is 0 Å². The van der Waals surface area contributed by atoms with Gasteiger partial charge in [-0.3, -0.25) is 4.79 Å². The van der Waals surface area contributed by atoms with Gasteiger partial charge < -0.3 is 5.73 Å². The van der Waals surface area contributed by atoms with Gasteiger partial charge >= 0.3 is 0 Å².